The molecule has 1 N–H and O–H groups in total. The summed E-state index contributed by atoms with van der Waals surface area (Å²) < 4.78 is 7.37. The summed E-state index contributed by atoms with van der Waals surface area (Å²) in [6, 6.07) is 6.58. The van der Waals surface area contributed by atoms with Crippen LogP contribution < -0.4 is 5.32 Å². The first-order valence-corrected chi connectivity index (χ1v) is 5.88. The van der Waals surface area contributed by atoms with Crippen LogP contribution in [0.25, 0.3) is 0 Å². The van der Waals surface area contributed by atoms with Crippen LogP contribution >= 0.6 is 11.7 Å². The first-order valence-electron chi connectivity index (χ1n) is 5.15. The van der Waals surface area contributed by atoms with Gasteiger partial charge in [-0.05, 0) is 12.1 Å². The average Bonchev–Trinajstić information content (AvgIpc) is 2.94. The van der Waals surface area contributed by atoms with Crippen LogP contribution in [0.15, 0.2) is 30.6 Å². The van der Waals surface area contributed by atoms with Crippen molar-refractivity contribution < 1.29 is 9.59 Å². The number of ketones is 1. The molecule has 0 aliphatic carbocycles. The minimum absolute atomic E-state index is 0.00715. The minimum Gasteiger partial charge on any atom is -0.309 e. The highest BCUT2D eigenvalue weighted by Crippen LogP contribution is 2.10. The largest absolute Gasteiger partial charge is 0.309 e. The second-order valence-corrected chi connectivity index (χ2v) is 3.98. The van der Waals surface area contributed by atoms with Gasteiger partial charge in [0.05, 0.1) is 24.0 Å². The van der Waals surface area contributed by atoms with E-state index < -0.39 is 17.6 Å². The van der Waals surface area contributed by atoms with Crippen molar-refractivity contribution in [1.82, 2.24) is 13.7 Å². The van der Waals surface area contributed by atoms with Crippen LogP contribution in [0.1, 0.15) is 10.5 Å². The van der Waals surface area contributed by atoms with Gasteiger partial charge in [-0.2, -0.15) is 14.0 Å². The predicted molar refractivity (Wildman–Crippen MR) is 66.2 cm³/mol. The van der Waals surface area contributed by atoms with Crippen molar-refractivity contribution in [2.24, 2.45) is 5.92 Å². The van der Waals surface area contributed by atoms with Crippen molar-refractivity contribution in [3.8, 4) is 6.07 Å². The van der Waals surface area contributed by atoms with Crippen LogP contribution in [0.2, 0.25) is 0 Å². The number of rotatable bonds is 4. The Kier molecular flexibility index (Phi) is 3.90. The average molecular weight is 273 g/mol. The summed E-state index contributed by atoms with van der Waals surface area (Å²) in [5.41, 5.74) is 0.00715. The summed E-state index contributed by atoms with van der Waals surface area (Å²) >= 11 is 0.837. The number of nitriles is 1. The highest BCUT2D eigenvalue weighted by Gasteiger charge is 2.29. The van der Waals surface area contributed by atoms with Gasteiger partial charge in [-0.25, -0.2) is 4.98 Å². The first kappa shape index (κ1) is 12.8. The number of aromatic nitrogens is 3. The van der Waals surface area contributed by atoms with Crippen LogP contribution in [0.4, 0.5) is 5.82 Å². The molecule has 0 saturated heterocycles. The van der Waals surface area contributed by atoms with E-state index in [4.69, 9.17) is 5.26 Å². The fourth-order valence-corrected chi connectivity index (χ4v) is 1.71. The number of carbonyl (C=O) groups excluding carboxylic acids is 2. The number of nitrogens with one attached hydrogen (secondary N) is 1. The van der Waals surface area contributed by atoms with Crippen LogP contribution in [-0.4, -0.2) is 25.4 Å². The Hall–Kier alpha value is -2.66. The molecular formula is C11H7N5O2S. The summed E-state index contributed by atoms with van der Waals surface area (Å²) in [4.78, 5) is 27.6. The first-order chi connectivity index (χ1) is 9.22. The standard InChI is InChI=1S/C11H7N5O2S/c12-5-7(10(17)8-6-14-19-16-8)11(18)15-9-3-1-2-4-13-9/h1-4,6-7H,(H,13,15,18)/t7-/m0/s1. The normalized spacial score (nSPS) is 11.3. The second kappa shape index (κ2) is 5.79. The number of nitrogens with zero attached hydrogens (tertiary/aromatic N) is 4. The summed E-state index contributed by atoms with van der Waals surface area (Å²) in [5, 5.41) is 11.3. The molecule has 2 heterocycles. The minimum atomic E-state index is -1.47. The number of Topliss-reactive ketones (excluding diaryl/α,β-unsaturated/α-hetero) is 1. The van der Waals surface area contributed by atoms with Crippen LogP contribution in [0.5, 0.6) is 0 Å². The van der Waals surface area contributed by atoms with Crippen molar-refractivity contribution in [1.29, 1.82) is 5.26 Å². The molecule has 0 unspecified atom stereocenters. The molecule has 0 aromatic carbocycles. The van der Waals surface area contributed by atoms with E-state index in [-0.39, 0.29) is 11.5 Å². The van der Waals surface area contributed by atoms with Crippen molar-refractivity contribution in [3.05, 3.63) is 36.3 Å². The Balaban J connectivity index is 2.13. The van der Waals surface area contributed by atoms with E-state index in [9.17, 15) is 9.59 Å². The quantitative estimate of drug-likeness (QED) is 0.654. The van der Waals surface area contributed by atoms with Gasteiger partial charge in [-0.15, -0.1) is 0 Å². The lowest BCUT2D eigenvalue weighted by Crippen LogP contribution is -2.29. The van der Waals surface area contributed by atoms with E-state index in [1.54, 1.807) is 24.3 Å². The lowest BCUT2D eigenvalue weighted by molar-refractivity contribution is -0.117. The fraction of sp³-hybridized carbons (Fsp3) is 0.0909. The number of amides is 1. The van der Waals surface area contributed by atoms with Crippen molar-refractivity contribution in [2.45, 2.75) is 0 Å². The monoisotopic (exact) mass is 273 g/mol. The molecule has 8 heteroatoms. The number of hydrogen-bond donors (Lipinski definition) is 1. The zero-order valence-electron chi connectivity index (χ0n) is 9.48. The molecule has 0 aliphatic rings. The maximum Gasteiger partial charge on any atom is 0.250 e. The number of anilines is 1. The van der Waals surface area contributed by atoms with Gasteiger partial charge in [0.1, 0.15) is 11.5 Å². The lowest BCUT2D eigenvalue weighted by atomic mass is 10.0. The molecule has 0 aliphatic heterocycles. The van der Waals surface area contributed by atoms with Crippen molar-refractivity contribution in [3.63, 3.8) is 0 Å². The zero-order chi connectivity index (χ0) is 13.7. The Morgan fingerprint density at radius 1 is 1.42 bits per heavy atom. The van der Waals surface area contributed by atoms with Crippen LogP contribution in [0, 0.1) is 17.2 Å². The zero-order valence-corrected chi connectivity index (χ0v) is 10.3. The van der Waals surface area contributed by atoms with Gasteiger partial charge in [0.15, 0.2) is 5.92 Å². The molecule has 0 saturated carbocycles. The maximum absolute atomic E-state index is 11.9. The van der Waals surface area contributed by atoms with Gasteiger partial charge >= 0.3 is 0 Å². The van der Waals surface area contributed by atoms with Gasteiger partial charge in [0, 0.05) is 6.20 Å². The van der Waals surface area contributed by atoms with E-state index in [1.807, 2.05) is 0 Å². The summed E-state index contributed by atoms with van der Waals surface area (Å²) in [5.74, 6) is -2.60. The Morgan fingerprint density at radius 3 is 2.84 bits per heavy atom. The van der Waals surface area contributed by atoms with Gasteiger partial charge in [0.2, 0.25) is 5.78 Å². The Bertz CT molecular complexity index is 620. The molecule has 1 atom stereocenters. The van der Waals surface area contributed by atoms with Gasteiger partial charge in [0.25, 0.3) is 5.91 Å². The van der Waals surface area contributed by atoms with Crippen molar-refractivity contribution >= 4 is 29.2 Å². The molecule has 0 bridgehead atoms. The summed E-state index contributed by atoms with van der Waals surface area (Å²) in [7, 11) is 0. The number of pyridine rings is 1. The number of hydrogen-bond acceptors (Lipinski definition) is 7. The van der Waals surface area contributed by atoms with Gasteiger partial charge < -0.3 is 5.32 Å². The smallest absolute Gasteiger partial charge is 0.250 e. The lowest BCUT2D eigenvalue weighted by Gasteiger charge is -2.07. The molecule has 0 spiro atoms. The molecule has 94 valence electrons. The fourth-order valence-electron chi connectivity index (χ4n) is 1.29. The molecule has 19 heavy (non-hydrogen) atoms. The topological polar surface area (TPSA) is 109 Å². The summed E-state index contributed by atoms with van der Waals surface area (Å²) in [6.45, 7) is 0. The van der Waals surface area contributed by atoms with E-state index in [0.717, 1.165) is 11.7 Å². The second-order valence-electron chi connectivity index (χ2n) is 3.42. The summed E-state index contributed by atoms with van der Waals surface area (Å²) in [6.07, 6.45) is 2.72. The van der Waals surface area contributed by atoms with Crippen molar-refractivity contribution in [2.75, 3.05) is 5.32 Å². The number of carbonyl (C=O) groups is 2. The third kappa shape index (κ3) is 2.97. The molecule has 1 amide bonds. The predicted octanol–water partition coefficient (Wildman–Crippen LogP) is 0.894. The molecule has 0 radical (unpaired) electrons. The van der Waals surface area contributed by atoms with Gasteiger partial charge in [-0.3, -0.25) is 9.59 Å². The maximum atomic E-state index is 11.9. The molecule has 0 fully saturated rings. The van der Waals surface area contributed by atoms with E-state index in [2.05, 4.69) is 19.0 Å². The molecule has 7 nitrogen and oxygen atoms in total. The Labute approximate surface area is 112 Å². The van der Waals surface area contributed by atoms with E-state index >= 15 is 0 Å². The molecule has 2 aromatic heterocycles. The highest BCUT2D eigenvalue weighted by molar-refractivity contribution is 6.99. The molecule has 2 aromatic rings. The van der Waals surface area contributed by atoms with E-state index in [0.29, 0.717) is 0 Å². The third-order valence-electron chi connectivity index (χ3n) is 2.18. The third-order valence-corrected chi connectivity index (χ3v) is 2.66. The van der Waals surface area contributed by atoms with Gasteiger partial charge in [-0.1, -0.05) is 6.07 Å². The molecular weight excluding hydrogens is 266 g/mol. The van der Waals surface area contributed by atoms with Crippen LogP contribution in [0.3, 0.4) is 0 Å². The SMILES string of the molecule is N#C[C@H](C(=O)Nc1ccccn1)C(=O)c1cnsn1. The highest BCUT2D eigenvalue weighted by atomic mass is 32.1. The Morgan fingerprint density at radius 2 is 2.26 bits per heavy atom. The van der Waals surface area contributed by atoms with Crippen LogP contribution in [-0.2, 0) is 4.79 Å². The van der Waals surface area contributed by atoms with E-state index in [1.165, 1.54) is 12.4 Å². The molecule has 2 rings (SSSR count).